The molecule has 3 N–H and O–H groups in total. The summed E-state index contributed by atoms with van der Waals surface area (Å²) in [6.45, 7) is 8.61. The van der Waals surface area contributed by atoms with Crippen molar-refractivity contribution in [1.82, 2.24) is 10.2 Å². The maximum Gasteiger partial charge on any atom is 0.317 e. The van der Waals surface area contributed by atoms with Gasteiger partial charge < -0.3 is 16.0 Å². The molecule has 0 aromatic rings. The van der Waals surface area contributed by atoms with Crippen LogP contribution in [0.3, 0.4) is 0 Å². The first kappa shape index (κ1) is 17.3. The summed E-state index contributed by atoms with van der Waals surface area (Å²) in [4.78, 5) is 14.5. The van der Waals surface area contributed by atoms with Gasteiger partial charge in [-0.3, -0.25) is 0 Å². The van der Waals surface area contributed by atoms with Crippen molar-refractivity contribution in [2.75, 3.05) is 19.6 Å². The quantitative estimate of drug-likeness (QED) is 0.754. The minimum atomic E-state index is -0.112. The van der Waals surface area contributed by atoms with Crippen molar-refractivity contribution < 1.29 is 4.79 Å². The van der Waals surface area contributed by atoms with E-state index < -0.39 is 0 Å². The number of urea groups is 1. The largest absolute Gasteiger partial charge is 0.338 e. The number of amides is 2. The van der Waals surface area contributed by atoms with Crippen LogP contribution in [-0.2, 0) is 0 Å². The fraction of sp³-hybridized carbons (Fsp3) is 0.938. The fourth-order valence-corrected chi connectivity index (χ4v) is 3.31. The molecule has 0 radical (unpaired) electrons. The number of rotatable bonds is 7. The van der Waals surface area contributed by atoms with Gasteiger partial charge in [0, 0.05) is 19.6 Å². The Morgan fingerprint density at radius 3 is 2.35 bits per heavy atom. The van der Waals surface area contributed by atoms with E-state index in [0.29, 0.717) is 6.54 Å². The summed E-state index contributed by atoms with van der Waals surface area (Å²) in [5, 5.41) is 3.03. The van der Waals surface area contributed by atoms with E-state index in [9.17, 15) is 4.79 Å². The van der Waals surface area contributed by atoms with Gasteiger partial charge >= 0.3 is 6.03 Å². The van der Waals surface area contributed by atoms with Gasteiger partial charge in [0.05, 0.1) is 5.54 Å². The summed E-state index contributed by atoms with van der Waals surface area (Å²) < 4.78 is 0. The molecule has 0 atom stereocenters. The molecule has 1 saturated carbocycles. The maximum absolute atomic E-state index is 12.5. The Hall–Kier alpha value is -0.770. The molecule has 0 heterocycles. The summed E-state index contributed by atoms with van der Waals surface area (Å²) in [6.07, 6.45) is 7.72. The molecule has 0 unspecified atom stereocenters. The minimum Gasteiger partial charge on any atom is -0.338 e. The normalized spacial score (nSPS) is 26.3. The molecule has 1 fully saturated rings. The zero-order chi connectivity index (χ0) is 15.0. The number of carbonyl (C=O) groups is 1. The van der Waals surface area contributed by atoms with Crippen LogP contribution in [0.15, 0.2) is 0 Å². The van der Waals surface area contributed by atoms with Crippen molar-refractivity contribution in [3.63, 3.8) is 0 Å². The molecule has 0 saturated heterocycles. The lowest BCUT2D eigenvalue weighted by atomic mass is 9.74. The van der Waals surface area contributed by atoms with Gasteiger partial charge in [0.25, 0.3) is 0 Å². The summed E-state index contributed by atoms with van der Waals surface area (Å²) in [5.41, 5.74) is 5.99. The molecule has 118 valence electrons. The first-order valence-corrected chi connectivity index (χ1v) is 8.39. The Morgan fingerprint density at radius 1 is 1.25 bits per heavy atom. The Morgan fingerprint density at radius 2 is 1.90 bits per heavy atom. The van der Waals surface area contributed by atoms with Crippen LogP contribution in [0.4, 0.5) is 4.79 Å². The predicted molar refractivity (Wildman–Crippen MR) is 84.7 cm³/mol. The van der Waals surface area contributed by atoms with Crippen LogP contribution >= 0.6 is 0 Å². The zero-order valence-corrected chi connectivity index (χ0v) is 13.6. The summed E-state index contributed by atoms with van der Waals surface area (Å²) in [7, 11) is 0. The summed E-state index contributed by atoms with van der Waals surface area (Å²) in [5.74, 6) is 0.817. The van der Waals surface area contributed by atoms with Gasteiger partial charge in [0.15, 0.2) is 0 Å². The van der Waals surface area contributed by atoms with Crippen LogP contribution < -0.4 is 11.1 Å². The number of nitrogens with one attached hydrogen (secondary N) is 1. The van der Waals surface area contributed by atoms with E-state index in [1.807, 2.05) is 4.90 Å². The lowest BCUT2D eigenvalue weighted by Gasteiger charge is -2.47. The molecule has 20 heavy (non-hydrogen) atoms. The number of nitrogens with zero attached hydrogens (tertiary/aromatic N) is 1. The van der Waals surface area contributed by atoms with Crippen LogP contribution in [0.25, 0.3) is 0 Å². The second-order valence-electron chi connectivity index (χ2n) is 6.16. The van der Waals surface area contributed by atoms with E-state index >= 15 is 0 Å². The first-order valence-electron chi connectivity index (χ1n) is 8.39. The van der Waals surface area contributed by atoms with Crippen molar-refractivity contribution in [2.24, 2.45) is 11.7 Å². The van der Waals surface area contributed by atoms with E-state index in [-0.39, 0.29) is 11.6 Å². The van der Waals surface area contributed by atoms with E-state index in [0.717, 1.165) is 44.7 Å². The SMILES string of the molecule is CCCNC(=O)N(CCC)C1(CN)CCC(CC)CC1. The molecule has 0 aliphatic heterocycles. The van der Waals surface area contributed by atoms with Crippen LogP contribution in [0.2, 0.25) is 0 Å². The maximum atomic E-state index is 12.5. The molecule has 1 aliphatic carbocycles. The van der Waals surface area contributed by atoms with Crippen molar-refractivity contribution >= 4 is 6.03 Å². The molecule has 1 aliphatic rings. The highest BCUT2D eigenvalue weighted by Crippen LogP contribution is 2.37. The average molecular weight is 283 g/mol. The second-order valence-corrected chi connectivity index (χ2v) is 6.16. The van der Waals surface area contributed by atoms with Crippen molar-refractivity contribution in [3.05, 3.63) is 0 Å². The minimum absolute atomic E-state index is 0.0779. The van der Waals surface area contributed by atoms with E-state index in [4.69, 9.17) is 5.73 Å². The smallest absolute Gasteiger partial charge is 0.317 e. The fourth-order valence-electron chi connectivity index (χ4n) is 3.31. The molecule has 0 aromatic carbocycles. The number of carbonyl (C=O) groups excluding carboxylic acids is 1. The molecule has 4 heteroatoms. The van der Waals surface area contributed by atoms with Gasteiger partial charge in [-0.05, 0) is 44.4 Å². The van der Waals surface area contributed by atoms with Gasteiger partial charge in [-0.25, -0.2) is 4.79 Å². The lowest BCUT2D eigenvalue weighted by molar-refractivity contribution is 0.0678. The van der Waals surface area contributed by atoms with Gasteiger partial charge in [-0.15, -0.1) is 0 Å². The Kier molecular flexibility index (Phi) is 7.35. The predicted octanol–water partition coefficient (Wildman–Crippen LogP) is 3.12. The monoisotopic (exact) mass is 283 g/mol. The highest BCUT2D eigenvalue weighted by Gasteiger charge is 2.40. The van der Waals surface area contributed by atoms with Crippen molar-refractivity contribution in [3.8, 4) is 0 Å². The van der Waals surface area contributed by atoms with Gasteiger partial charge in [0.1, 0.15) is 0 Å². The number of nitrogens with two attached hydrogens (primary N) is 1. The second kappa shape index (κ2) is 8.50. The molecular formula is C16H33N3O. The first-order chi connectivity index (χ1) is 9.63. The average Bonchev–Trinajstić information content (AvgIpc) is 2.50. The lowest BCUT2D eigenvalue weighted by Crippen LogP contribution is -2.60. The third kappa shape index (κ3) is 4.11. The Bertz CT molecular complexity index is 285. The van der Waals surface area contributed by atoms with Crippen molar-refractivity contribution in [2.45, 2.75) is 71.3 Å². The van der Waals surface area contributed by atoms with Crippen LogP contribution in [0, 0.1) is 5.92 Å². The molecule has 4 nitrogen and oxygen atoms in total. The molecule has 0 bridgehead atoms. The molecule has 0 aromatic heterocycles. The zero-order valence-electron chi connectivity index (χ0n) is 13.6. The topological polar surface area (TPSA) is 58.4 Å². The van der Waals surface area contributed by atoms with Gasteiger partial charge in [-0.1, -0.05) is 27.2 Å². The van der Waals surface area contributed by atoms with E-state index in [1.54, 1.807) is 0 Å². The van der Waals surface area contributed by atoms with Crippen molar-refractivity contribution in [1.29, 1.82) is 0 Å². The van der Waals surface area contributed by atoms with Crippen LogP contribution in [0.1, 0.15) is 65.7 Å². The van der Waals surface area contributed by atoms with Crippen LogP contribution in [0.5, 0.6) is 0 Å². The molecular weight excluding hydrogens is 250 g/mol. The molecule has 1 rings (SSSR count). The third-order valence-corrected chi connectivity index (χ3v) is 4.78. The summed E-state index contributed by atoms with van der Waals surface area (Å²) >= 11 is 0. The van der Waals surface area contributed by atoms with Gasteiger partial charge in [-0.2, -0.15) is 0 Å². The highest BCUT2D eigenvalue weighted by atomic mass is 16.2. The van der Waals surface area contributed by atoms with Gasteiger partial charge in [0.2, 0.25) is 0 Å². The third-order valence-electron chi connectivity index (χ3n) is 4.78. The summed E-state index contributed by atoms with van der Waals surface area (Å²) in [6, 6.07) is 0.0779. The van der Waals surface area contributed by atoms with E-state index in [2.05, 4.69) is 26.1 Å². The Balaban J connectivity index is 2.77. The van der Waals surface area contributed by atoms with Crippen LogP contribution in [-0.4, -0.2) is 36.1 Å². The molecule has 2 amide bonds. The Labute approximate surface area is 124 Å². The van der Waals surface area contributed by atoms with E-state index in [1.165, 1.54) is 19.3 Å². The number of hydrogen-bond acceptors (Lipinski definition) is 2. The highest BCUT2D eigenvalue weighted by molar-refractivity contribution is 5.75. The number of hydrogen-bond donors (Lipinski definition) is 2. The molecule has 0 spiro atoms. The standard InChI is InChI=1S/C16H33N3O/c1-4-11-18-15(20)19(12-5-2)16(13-17)9-7-14(6-3)8-10-16/h14H,4-13,17H2,1-3H3,(H,18,20).